The van der Waals surface area contributed by atoms with Gasteiger partial charge in [0.05, 0.1) is 22.3 Å². The monoisotopic (exact) mass is 613 g/mol. The second-order valence-electron chi connectivity index (χ2n) is 10.2. The Morgan fingerprint density at radius 1 is 1.00 bits per heavy atom. The number of fused-ring (bicyclic) bond motifs is 1. The second-order valence-corrected chi connectivity index (χ2v) is 11.4. The number of nitrogens with zero attached hydrogens (tertiary/aromatic N) is 4. The van der Waals surface area contributed by atoms with Crippen LogP contribution in [0.25, 0.3) is 16.9 Å². The first-order chi connectivity index (χ1) is 19.6. The molecule has 0 saturated carbocycles. The number of likely N-dealkylation sites (tertiary alicyclic amines) is 1. The Kier molecular flexibility index (Phi) is 7.84. The van der Waals surface area contributed by atoms with Gasteiger partial charge in [-0.15, -0.1) is 0 Å². The van der Waals surface area contributed by atoms with E-state index in [2.05, 4.69) is 26.3 Å². The summed E-state index contributed by atoms with van der Waals surface area (Å²) in [6.45, 7) is 2.19. The van der Waals surface area contributed by atoms with Crippen molar-refractivity contribution in [3.05, 3.63) is 118 Å². The number of rotatable bonds is 7. The molecule has 1 unspecified atom stereocenters. The van der Waals surface area contributed by atoms with Crippen LogP contribution in [0.5, 0.6) is 0 Å². The molecule has 202 valence electrons. The lowest BCUT2D eigenvalue weighted by molar-refractivity contribution is -0.133. The average Bonchev–Trinajstić information content (AvgIpc) is 3.38. The third-order valence-electron chi connectivity index (χ3n) is 7.49. The van der Waals surface area contributed by atoms with Crippen LogP contribution in [0.2, 0.25) is 5.02 Å². The molecule has 3 heterocycles. The summed E-state index contributed by atoms with van der Waals surface area (Å²) in [5, 5.41) is 8.78. The number of anilines is 1. The number of carbonyl (C=O) groups excluding carboxylic acids is 1. The first-order valence-electron chi connectivity index (χ1n) is 13.5. The lowest BCUT2D eigenvalue weighted by Crippen LogP contribution is -2.44. The van der Waals surface area contributed by atoms with Gasteiger partial charge in [-0.05, 0) is 51.9 Å². The fourth-order valence-corrected chi connectivity index (χ4v) is 6.08. The molecule has 1 fully saturated rings. The molecule has 1 aliphatic rings. The highest BCUT2D eigenvalue weighted by atomic mass is 79.9. The third-order valence-corrected chi connectivity index (χ3v) is 8.38. The molecule has 5 aromatic rings. The minimum absolute atomic E-state index is 0.158. The van der Waals surface area contributed by atoms with E-state index in [9.17, 15) is 4.79 Å². The molecule has 1 aliphatic heterocycles. The lowest BCUT2D eigenvalue weighted by Gasteiger charge is -2.35. The van der Waals surface area contributed by atoms with Gasteiger partial charge in [-0.1, -0.05) is 90.5 Å². The Bertz CT molecular complexity index is 1590. The Balaban J connectivity index is 1.22. The van der Waals surface area contributed by atoms with Gasteiger partial charge in [-0.25, -0.2) is 4.98 Å². The van der Waals surface area contributed by atoms with E-state index in [0.29, 0.717) is 29.7 Å². The quantitative estimate of drug-likeness (QED) is 0.209. The fraction of sp³-hybridized carbons (Fsp3) is 0.219. The summed E-state index contributed by atoms with van der Waals surface area (Å²) in [6.07, 6.45) is 3.77. The van der Waals surface area contributed by atoms with Crippen LogP contribution in [0.15, 0.2) is 102 Å². The van der Waals surface area contributed by atoms with E-state index in [1.165, 1.54) is 0 Å². The largest absolute Gasteiger partial charge is 0.370 e. The summed E-state index contributed by atoms with van der Waals surface area (Å²) >= 11 is 10.1. The van der Waals surface area contributed by atoms with Crippen molar-refractivity contribution in [2.45, 2.75) is 18.8 Å². The SMILES string of the molecule is O=C(C(c1ccccc1)c1ccccc1)N1CCCC(CNc2cc(-c3ccccc3Cl)nc3c(Br)cnn23)C1. The highest BCUT2D eigenvalue weighted by Crippen LogP contribution is 2.32. The summed E-state index contributed by atoms with van der Waals surface area (Å²) in [5.74, 6) is 0.982. The van der Waals surface area contributed by atoms with Crippen molar-refractivity contribution in [2.75, 3.05) is 25.0 Å². The Morgan fingerprint density at radius 3 is 2.38 bits per heavy atom. The molecule has 1 saturated heterocycles. The van der Waals surface area contributed by atoms with Crippen molar-refractivity contribution in [1.29, 1.82) is 0 Å². The maximum absolute atomic E-state index is 14.0. The van der Waals surface area contributed by atoms with Crippen LogP contribution in [0, 0.1) is 5.92 Å². The van der Waals surface area contributed by atoms with Crippen LogP contribution in [0.3, 0.4) is 0 Å². The van der Waals surface area contributed by atoms with Gasteiger partial charge in [0.1, 0.15) is 5.82 Å². The normalized spacial score (nSPS) is 15.5. The summed E-state index contributed by atoms with van der Waals surface area (Å²) in [7, 11) is 0. The van der Waals surface area contributed by atoms with Gasteiger partial charge in [-0.3, -0.25) is 4.79 Å². The Labute approximate surface area is 247 Å². The molecule has 0 aliphatic carbocycles. The minimum atomic E-state index is -0.312. The third kappa shape index (κ3) is 5.49. The molecular formula is C32H29BrClN5O. The van der Waals surface area contributed by atoms with Crippen LogP contribution >= 0.6 is 27.5 Å². The van der Waals surface area contributed by atoms with Crippen LogP contribution < -0.4 is 5.32 Å². The summed E-state index contributed by atoms with van der Waals surface area (Å²) in [4.78, 5) is 20.8. The standard InChI is InChI=1S/C32H29BrClN5O/c33-26-20-36-39-29(18-28(37-31(26)39)25-15-7-8-16-27(25)34)35-19-22-10-9-17-38(21-22)32(40)30(23-11-3-1-4-12-23)24-13-5-2-6-14-24/h1-8,11-16,18,20,22,30,35H,9-10,17,19,21H2. The molecule has 1 atom stereocenters. The smallest absolute Gasteiger partial charge is 0.234 e. The molecular weight excluding hydrogens is 586 g/mol. The second kappa shape index (κ2) is 11.8. The van der Waals surface area contributed by atoms with E-state index in [0.717, 1.165) is 52.1 Å². The molecule has 1 N–H and O–H groups in total. The van der Waals surface area contributed by atoms with Crippen LogP contribution in [0.1, 0.15) is 29.9 Å². The molecule has 0 spiro atoms. The summed E-state index contributed by atoms with van der Waals surface area (Å²) in [6, 6.07) is 29.9. The summed E-state index contributed by atoms with van der Waals surface area (Å²) < 4.78 is 2.61. The van der Waals surface area contributed by atoms with E-state index in [4.69, 9.17) is 16.6 Å². The number of benzene rings is 3. The maximum atomic E-state index is 14.0. The van der Waals surface area contributed by atoms with E-state index < -0.39 is 0 Å². The predicted octanol–water partition coefficient (Wildman–Crippen LogP) is 7.29. The molecule has 8 heteroatoms. The number of hydrogen-bond acceptors (Lipinski definition) is 4. The lowest BCUT2D eigenvalue weighted by atomic mass is 9.88. The zero-order valence-corrected chi connectivity index (χ0v) is 24.2. The van der Waals surface area contributed by atoms with Crippen molar-refractivity contribution in [1.82, 2.24) is 19.5 Å². The molecule has 1 amide bonds. The first-order valence-corrected chi connectivity index (χ1v) is 14.7. The highest BCUT2D eigenvalue weighted by Gasteiger charge is 2.31. The minimum Gasteiger partial charge on any atom is -0.370 e. The van der Waals surface area contributed by atoms with Crippen molar-refractivity contribution in [2.24, 2.45) is 5.92 Å². The number of halogens is 2. The number of carbonyl (C=O) groups is 1. The van der Waals surface area contributed by atoms with Crippen molar-refractivity contribution < 1.29 is 4.79 Å². The molecule has 6 rings (SSSR count). The van der Waals surface area contributed by atoms with Crippen LogP contribution in [-0.4, -0.2) is 45.0 Å². The van der Waals surface area contributed by atoms with Gasteiger partial charge < -0.3 is 10.2 Å². The fourth-order valence-electron chi connectivity index (χ4n) is 5.50. The number of amides is 1. The van der Waals surface area contributed by atoms with Crippen LogP contribution in [-0.2, 0) is 4.79 Å². The first kappa shape index (κ1) is 26.5. The van der Waals surface area contributed by atoms with Gasteiger partial charge in [0.2, 0.25) is 5.91 Å². The van der Waals surface area contributed by atoms with E-state index in [1.807, 2.05) is 95.9 Å². The van der Waals surface area contributed by atoms with Gasteiger partial charge in [0.15, 0.2) is 5.65 Å². The Hall–Kier alpha value is -3.68. The molecule has 0 bridgehead atoms. The van der Waals surface area contributed by atoms with E-state index in [-0.39, 0.29) is 11.8 Å². The highest BCUT2D eigenvalue weighted by molar-refractivity contribution is 9.10. The average molecular weight is 615 g/mol. The summed E-state index contributed by atoms with van der Waals surface area (Å²) in [5.41, 5.74) is 4.40. The zero-order chi connectivity index (χ0) is 27.5. The van der Waals surface area contributed by atoms with Crippen molar-refractivity contribution >= 4 is 44.9 Å². The zero-order valence-electron chi connectivity index (χ0n) is 21.9. The maximum Gasteiger partial charge on any atom is 0.234 e. The van der Waals surface area contributed by atoms with E-state index in [1.54, 1.807) is 10.7 Å². The molecule has 2 aromatic heterocycles. The number of piperidine rings is 1. The topological polar surface area (TPSA) is 62.5 Å². The van der Waals surface area contributed by atoms with Gasteiger partial charge >= 0.3 is 0 Å². The Morgan fingerprint density at radius 2 is 1.68 bits per heavy atom. The number of hydrogen-bond donors (Lipinski definition) is 1. The van der Waals surface area contributed by atoms with Gasteiger partial charge in [0, 0.05) is 36.3 Å². The predicted molar refractivity (Wildman–Crippen MR) is 164 cm³/mol. The number of nitrogens with one attached hydrogen (secondary N) is 1. The van der Waals surface area contributed by atoms with Gasteiger partial charge in [0.25, 0.3) is 0 Å². The van der Waals surface area contributed by atoms with Crippen molar-refractivity contribution in [3.8, 4) is 11.3 Å². The molecule has 6 nitrogen and oxygen atoms in total. The van der Waals surface area contributed by atoms with Crippen molar-refractivity contribution in [3.63, 3.8) is 0 Å². The molecule has 3 aromatic carbocycles. The van der Waals surface area contributed by atoms with Crippen LogP contribution in [0.4, 0.5) is 5.82 Å². The van der Waals surface area contributed by atoms with Gasteiger partial charge in [-0.2, -0.15) is 9.61 Å². The van der Waals surface area contributed by atoms with E-state index >= 15 is 0 Å². The number of aromatic nitrogens is 3. The molecule has 40 heavy (non-hydrogen) atoms. The molecule has 0 radical (unpaired) electrons.